The third kappa shape index (κ3) is 3.86. The molecule has 7 nitrogen and oxygen atoms in total. The van der Waals surface area contributed by atoms with Gasteiger partial charge in [0.25, 0.3) is 0 Å². The summed E-state index contributed by atoms with van der Waals surface area (Å²) in [5.74, 6) is 0.820. The van der Waals surface area contributed by atoms with Crippen molar-refractivity contribution in [3.05, 3.63) is 54.7 Å². The van der Waals surface area contributed by atoms with E-state index < -0.39 is 6.36 Å². The van der Waals surface area contributed by atoms with Crippen LogP contribution in [0.5, 0.6) is 23.0 Å². The van der Waals surface area contributed by atoms with Crippen molar-refractivity contribution in [3.8, 4) is 39.9 Å². The molecule has 10 heteroatoms. The molecule has 4 aromatic rings. The van der Waals surface area contributed by atoms with E-state index in [1.54, 1.807) is 36.5 Å². The van der Waals surface area contributed by atoms with E-state index in [0.717, 1.165) is 0 Å². The van der Waals surface area contributed by atoms with Crippen LogP contribution in [0.1, 0.15) is 0 Å². The molecule has 0 aliphatic carbocycles. The summed E-state index contributed by atoms with van der Waals surface area (Å²) < 4.78 is 60.8. The van der Waals surface area contributed by atoms with Gasteiger partial charge >= 0.3 is 6.36 Å². The van der Waals surface area contributed by atoms with Gasteiger partial charge in [0.1, 0.15) is 11.4 Å². The molecule has 0 amide bonds. The average molecular weight is 445 g/mol. The Morgan fingerprint density at radius 2 is 1.53 bits per heavy atom. The quantitative estimate of drug-likeness (QED) is 0.416. The van der Waals surface area contributed by atoms with Gasteiger partial charge in [-0.25, -0.2) is 9.67 Å². The molecule has 0 fully saturated rings. The van der Waals surface area contributed by atoms with Crippen LogP contribution in [0.15, 0.2) is 54.7 Å². The molecular formula is C22H18F3N3O4. The maximum Gasteiger partial charge on any atom is 0.573 e. The van der Waals surface area contributed by atoms with E-state index in [4.69, 9.17) is 14.2 Å². The Hall–Kier alpha value is -3.95. The van der Waals surface area contributed by atoms with E-state index in [0.29, 0.717) is 34.0 Å². The molecule has 2 aromatic heterocycles. The Balaban J connectivity index is 1.96. The lowest BCUT2D eigenvalue weighted by Gasteiger charge is -2.14. The van der Waals surface area contributed by atoms with Gasteiger partial charge in [0.15, 0.2) is 17.1 Å². The standard InChI is InChI=1S/C22H18F3N3O4/c1-29-17-11-13(12-18(30-2)20(17)31-3)28-21-15(8-6-10-26-21)19(27-28)14-7-4-5-9-16(14)32-22(23,24)25/h4-12H,1-3H3. The number of benzene rings is 2. The molecule has 0 N–H and O–H groups in total. The van der Waals surface area contributed by atoms with Crippen molar-refractivity contribution < 1.29 is 32.1 Å². The zero-order valence-corrected chi connectivity index (χ0v) is 17.3. The van der Waals surface area contributed by atoms with Crippen LogP contribution in [-0.2, 0) is 0 Å². The number of para-hydroxylation sites is 1. The van der Waals surface area contributed by atoms with Crippen LogP contribution in [0.3, 0.4) is 0 Å². The number of nitrogens with zero attached hydrogens (tertiary/aromatic N) is 3. The van der Waals surface area contributed by atoms with Crippen LogP contribution in [-0.4, -0.2) is 42.5 Å². The summed E-state index contributed by atoms with van der Waals surface area (Å²) in [6.45, 7) is 0. The topological polar surface area (TPSA) is 67.6 Å². The molecule has 0 aliphatic rings. The molecular weight excluding hydrogens is 427 g/mol. The molecule has 2 aromatic carbocycles. The van der Waals surface area contributed by atoms with Crippen LogP contribution in [0.25, 0.3) is 28.0 Å². The smallest absolute Gasteiger partial charge is 0.493 e. The molecule has 0 radical (unpaired) electrons. The minimum atomic E-state index is -4.84. The van der Waals surface area contributed by atoms with Crippen molar-refractivity contribution in [2.75, 3.05) is 21.3 Å². The number of pyridine rings is 1. The Labute approximate surface area is 180 Å². The third-order valence-electron chi connectivity index (χ3n) is 4.70. The summed E-state index contributed by atoms with van der Waals surface area (Å²) in [6, 6.07) is 12.6. The largest absolute Gasteiger partial charge is 0.573 e. The fourth-order valence-corrected chi connectivity index (χ4v) is 3.40. The van der Waals surface area contributed by atoms with Crippen LogP contribution >= 0.6 is 0 Å². The number of aromatic nitrogens is 3. The zero-order chi connectivity index (χ0) is 22.9. The fourth-order valence-electron chi connectivity index (χ4n) is 3.40. The van der Waals surface area contributed by atoms with E-state index in [9.17, 15) is 13.2 Å². The lowest BCUT2D eigenvalue weighted by molar-refractivity contribution is -0.274. The predicted octanol–water partition coefficient (Wildman–Crippen LogP) is 5.01. The molecule has 166 valence electrons. The van der Waals surface area contributed by atoms with Gasteiger partial charge in [-0.05, 0) is 24.3 Å². The van der Waals surface area contributed by atoms with Crippen molar-refractivity contribution >= 4 is 11.0 Å². The lowest BCUT2D eigenvalue weighted by atomic mass is 10.1. The second kappa shape index (κ2) is 8.29. The molecule has 0 atom stereocenters. The van der Waals surface area contributed by atoms with Gasteiger partial charge < -0.3 is 18.9 Å². The Bertz CT molecular complexity index is 1250. The van der Waals surface area contributed by atoms with E-state index in [1.165, 1.54) is 44.2 Å². The van der Waals surface area contributed by atoms with Crippen LogP contribution in [0, 0.1) is 0 Å². The normalized spacial score (nSPS) is 11.4. The molecule has 0 saturated carbocycles. The number of halogens is 3. The molecule has 0 saturated heterocycles. The van der Waals surface area contributed by atoms with Crippen molar-refractivity contribution in [2.45, 2.75) is 6.36 Å². The SMILES string of the molecule is COc1cc(-n2nc(-c3ccccc3OC(F)(F)F)c3cccnc32)cc(OC)c1OC. The fraction of sp³-hybridized carbons (Fsp3) is 0.182. The van der Waals surface area contributed by atoms with E-state index in [1.807, 2.05) is 0 Å². The van der Waals surface area contributed by atoms with E-state index in [2.05, 4.69) is 14.8 Å². The maximum absolute atomic E-state index is 13.0. The van der Waals surface area contributed by atoms with Crippen LogP contribution in [0.4, 0.5) is 13.2 Å². The second-order valence-electron chi connectivity index (χ2n) is 6.56. The molecule has 0 bridgehead atoms. The number of methoxy groups -OCH3 is 3. The predicted molar refractivity (Wildman–Crippen MR) is 111 cm³/mol. The van der Waals surface area contributed by atoms with Gasteiger partial charge in [-0.1, -0.05) is 12.1 Å². The summed E-state index contributed by atoms with van der Waals surface area (Å²) in [5.41, 5.74) is 1.40. The number of fused-ring (bicyclic) bond motifs is 1. The number of hydrogen-bond donors (Lipinski definition) is 0. The summed E-state index contributed by atoms with van der Waals surface area (Å²) in [6.07, 6.45) is -3.27. The molecule has 0 unspecified atom stereocenters. The highest BCUT2D eigenvalue weighted by molar-refractivity contribution is 5.93. The highest BCUT2D eigenvalue weighted by Gasteiger charge is 2.33. The van der Waals surface area contributed by atoms with Crippen molar-refractivity contribution in [3.63, 3.8) is 0 Å². The van der Waals surface area contributed by atoms with Crippen molar-refractivity contribution in [1.82, 2.24) is 14.8 Å². The third-order valence-corrected chi connectivity index (χ3v) is 4.70. The number of alkyl halides is 3. The second-order valence-corrected chi connectivity index (χ2v) is 6.56. The van der Waals surface area contributed by atoms with E-state index >= 15 is 0 Å². The Morgan fingerprint density at radius 1 is 0.844 bits per heavy atom. The van der Waals surface area contributed by atoms with Crippen LogP contribution < -0.4 is 18.9 Å². The minimum absolute atomic E-state index is 0.175. The number of rotatable bonds is 6. The first kappa shape index (κ1) is 21.3. The monoisotopic (exact) mass is 445 g/mol. The summed E-state index contributed by atoms with van der Waals surface area (Å²) in [5, 5.41) is 5.12. The highest BCUT2D eigenvalue weighted by atomic mass is 19.4. The van der Waals surface area contributed by atoms with Gasteiger partial charge in [0, 0.05) is 29.3 Å². The molecule has 2 heterocycles. The molecule has 4 rings (SSSR count). The lowest BCUT2D eigenvalue weighted by Crippen LogP contribution is -2.17. The van der Waals surface area contributed by atoms with Crippen molar-refractivity contribution in [2.24, 2.45) is 0 Å². The zero-order valence-electron chi connectivity index (χ0n) is 17.3. The highest BCUT2D eigenvalue weighted by Crippen LogP contribution is 2.41. The summed E-state index contributed by atoms with van der Waals surface area (Å²) in [4.78, 5) is 4.39. The first-order valence-corrected chi connectivity index (χ1v) is 9.35. The van der Waals surface area contributed by atoms with Crippen molar-refractivity contribution in [1.29, 1.82) is 0 Å². The van der Waals surface area contributed by atoms with Gasteiger partial charge in [0.05, 0.1) is 27.0 Å². The first-order chi connectivity index (χ1) is 15.4. The Kier molecular flexibility index (Phi) is 5.52. The van der Waals surface area contributed by atoms with Crippen LogP contribution in [0.2, 0.25) is 0 Å². The van der Waals surface area contributed by atoms with Gasteiger partial charge in [0.2, 0.25) is 5.75 Å². The molecule has 32 heavy (non-hydrogen) atoms. The minimum Gasteiger partial charge on any atom is -0.493 e. The Morgan fingerprint density at radius 3 is 2.16 bits per heavy atom. The number of ether oxygens (including phenoxy) is 4. The van der Waals surface area contributed by atoms with E-state index in [-0.39, 0.29) is 17.0 Å². The summed E-state index contributed by atoms with van der Waals surface area (Å²) >= 11 is 0. The average Bonchev–Trinajstić information content (AvgIpc) is 3.17. The number of hydrogen-bond acceptors (Lipinski definition) is 6. The van der Waals surface area contributed by atoms with Gasteiger partial charge in [-0.3, -0.25) is 0 Å². The first-order valence-electron chi connectivity index (χ1n) is 9.35. The molecule has 0 spiro atoms. The maximum atomic E-state index is 13.0. The molecule has 0 aliphatic heterocycles. The van der Waals surface area contributed by atoms with Gasteiger partial charge in [-0.15, -0.1) is 13.2 Å². The van der Waals surface area contributed by atoms with Gasteiger partial charge in [-0.2, -0.15) is 5.10 Å². The summed E-state index contributed by atoms with van der Waals surface area (Å²) in [7, 11) is 4.45.